The fourth-order valence-corrected chi connectivity index (χ4v) is 0.883. The van der Waals surface area contributed by atoms with Crippen LogP contribution in [0.3, 0.4) is 0 Å². The average molecular weight is 180 g/mol. The molecule has 13 heavy (non-hydrogen) atoms. The zero-order valence-electron chi connectivity index (χ0n) is 7.41. The Balaban J connectivity index is 2.54. The van der Waals surface area contributed by atoms with Gasteiger partial charge in [-0.1, -0.05) is 12.1 Å². The molecule has 3 N–H and O–H groups in total. The largest absolute Gasteiger partial charge is 0.497 e. The van der Waals surface area contributed by atoms with Crippen molar-refractivity contribution in [1.82, 2.24) is 0 Å². The average Bonchev–Trinajstić information content (AvgIpc) is 2.15. The summed E-state index contributed by atoms with van der Waals surface area (Å²) < 4.78 is 9.81. The number of nitrogens with one attached hydrogen (secondary N) is 1. The zero-order chi connectivity index (χ0) is 9.68. The minimum absolute atomic E-state index is 0.268. The maximum atomic E-state index is 6.85. The first-order chi connectivity index (χ1) is 6.22. The molecule has 0 aliphatic rings. The van der Waals surface area contributed by atoms with Crippen LogP contribution < -0.4 is 10.5 Å². The number of hydrogen-bond donors (Lipinski definition) is 2. The van der Waals surface area contributed by atoms with Gasteiger partial charge in [0.1, 0.15) is 12.4 Å². The second kappa shape index (κ2) is 4.35. The van der Waals surface area contributed by atoms with Gasteiger partial charge in [0.05, 0.1) is 7.11 Å². The Morgan fingerprint density at radius 3 is 2.46 bits per heavy atom. The highest BCUT2D eigenvalue weighted by Gasteiger charge is 1.95. The van der Waals surface area contributed by atoms with Crippen LogP contribution in [0.1, 0.15) is 5.56 Å². The second-order valence-electron chi connectivity index (χ2n) is 2.50. The van der Waals surface area contributed by atoms with Crippen molar-refractivity contribution in [3.8, 4) is 5.75 Å². The standard InChI is InChI=1S/C9H12N2O2/c1-12-8-4-2-7(3-5-8)6-13-9(10)11/h2-5H,6H2,1H3,(H3,10,11). The van der Waals surface area contributed by atoms with E-state index in [0.717, 1.165) is 11.3 Å². The molecule has 0 saturated heterocycles. The quantitative estimate of drug-likeness (QED) is 0.540. The van der Waals surface area contributed by atoms with E-state index < -0.39 is 0 Å². The number of ether oxygens (including phenoxy) is 2. The molecule has 0 atom stereocenters. The van der Waals surface area contributed by atoms with E-state index in [4.69, 9.17) is 20.6 Å². The topological polar surface area (TPSA) is 68.3 Å². The first-order valence-corrected chi connectivity index (χ1v) is 3.82. The van der Waals surface area contributed by atoms with Crippen molar-refractivity contribution < 1.29 is 9.47 Å². The number of rotatable bonds is 3. The first-order valence-electron chi connectivity index (χ1n) is 3.82. The van der Waals surface area contributed by atoms with E-state index in [0.29, 0.717) is 6.61 Å². The summed E-state index contributed by atoms with van der Waals surface area (Å²) in [6.07, 6.45) is 0. The maximum Gasteiger partial charge on any atom is 0.279 e. The molecule has 4 nitrogen and oxygen atoms in total. The van der Waals surface area contributed by atoms with Crippen LogP contribution in [-0.2, 0) is 11.3 Å². The van der Waals surface area contributed by atoms with Gasteiger partial charge in [0.2, 0.25) is 0 Å². The van der Waals surface area contributed by atoms with E-state index >= 15 is 0 Å². The smallest absolute Gasteiger partial charge is 0.279 e. The lowest BCUT2D eigenvalue weighted by molar-refractivity contribution is 0.284. The number of methoxy groups -OCH3 is 1. The molecule has 0 heterocycles. The van der Waals surface area contributed by atoms with Crippen LogP contribution in [0.15, 0.2) is 24.3 Å². The lowest BCUT2D eigenvalue weighted by Crippen LogP contribution is -2.13. The summed E-state index contributed by atoms with van der Waals surface area (Å²) in [5, 5.41) is 6.85. The fourth-order valence-electron chi connectivity index (χ4n) is 0.883. The number of benzene rings is 1. The molecule has 0 saturated carbocycles. The molecule has 4 heteroatoms. The number of hydrogen-bond acceptors (Lipinski definition) is 3. The monoisotopic (exact) mass is 180 g/mol. The highest BCUT2D eigenvalue weighted by molar-refractivity contribution is 5.67. The summed E-state index contributed by atoms with van der Waals surface area (Å²) >= 11 is 0. The third-order valence-electron chi connectivity index (χ3n) is 1.55. The Labute approximate surface area is 76.8 Å². The third-order valence-corrected chi connectivity index (χ3v) is 1.55. The highest BCUT2D eigenvalue weighted by Crippen LogP contribution is 2.11. The highest BCUT2D eigenvalue weighted by atomic mass is 16.5. The van der Waals surface area contributed by atoms with Crippen LogP contribution >= 0.6 is 0 Å². The van der Waals surface area contributed by atoms with Crippen LogP contribution in [0.25, 0.3) is 0 Å². The van der Waals surface area contributed by atoms with Crippen molar-refractivity contribution >= 4 is 6.02 Å². The minimum atomic E-state index is -0.268. The molecular weight excluding hydrogens is 168 g/mol. The van der Waals surface area contributed by atoms with Crippen molar-refractivity contribution in [2.45, 2.75) is 6.61 Å². The molecule has 70 valence electrons. The van der Waals surface area contributed by atoms with Crippen molar-refractivity contribution in [2.75, 3.05) is 7.11 Å². The van der Waals surface area contributed by atoms with Crippen LogP contribution in [0.2, 0.25) is 0 Å². The van der Waals surface area contributed by atoms with Crippen LogP contribution in [0.5, 0.6) is 5.75 Å². The molecule has 0 bridgehead atoms. The Hall–Kier alpha value is -1.71. The third kappa shape index (κ3) is 3.02. The Morgan fingerprint density at radius 2 is 2.00 bits per heavy atom. The summed E-state index contributed by atoms with van der Waals surface area (Å²) in [5.74, 6) is 0.798. The van der Waals surface area contributed by atoms with Gasteiger partial charge in [-0.05, 0) is 17.7 Å². The van der Waals surface area contributed by atoms with Gasteiger partial charge in [0, 0.05) is 0 Å². The van der Waals surface area contributed by atoms with Crippen molar-refractivity contribution in [2.24, 2.45) is 5.73 Å². The van der Waals surface area contributed by atoms with Gasteiger partial charge in [0.25, 0.3) is 6.02 Å². The van der Waals surface area contributed by atoms with Crippen molar-refractivity contribution in [3.63, 3.8) is 0 Å². The summed E-state index contributed by atoms with van der Waals surface area (Å²) in [7, 11) is 1.61. The van der Waals surface area contributed by atoms with Gasteiger partial charge in [-0.25, -0.2) is 0 Å². The van der Waals surface area contributed by atoms with Gasteiger partial charge in [-0.3, -0.25) is 5.41 Å². The van der Waals surface area contributed by atoms with Gasteiger partial charge < -0.3 is 15.2 Å². The molecule has 0 spiro atoms. The van der Waals surface area contributed by atoms with E-state index in [1.54, 1.807) is 7.11 Å². The normalized spacial score (nSPS) is 9.31. The maximum absolute atomic E-state index is 6.85. The van der Waals surface area contributed by atoms with Crippen molar-refractivity contribution in [3.05, 3.63) is 29.8 Å². The molecule has 0 unspecified atom stereocenters. The van der Waals surface area contributed by atoms with Gasteiger partial charge in [-0.15, -0.1) is 0 Å². The lowest BCUT2D eigenvalue weighted by Gasteiger charge is -2.04. The number of amidine groups is 1. The predicted octanol–water partition coefficient (Wildman–Crippen LogP) is 1.11. The summed E-state index contributed by atoms with van der Waals surface area (Å²) in [6.45, 7) is 0.319. The molecule has 0 fully saturated rings. The van der Waals surface area contributed by atoms with E-state index in [1.807, 2.05) is 24.3 Å². The first kappa shape index (κ1) is 9.38. The van der Waals surface area contributed by atoms with Crippen molar-refractivity contribution in [1.29, 1.82) is 5.41 Å². The molecule has 0 aliphatic carbocycles. The molecule has 1 aromatic rings. The Morgan fingerprint density at radius 1 is 1.38 bits per heavy atom. The number of nitrogens with two attached hydrogens (primary N) is 1. The van der Waals surface area contributed by atoms with Crippen LogP contribution in [0.4, 0.5) is 0 Å². The van der Waals surface area contributed by atoms with Crippen LogP contribution in [0, 0.1) is 5.41 Å². The lowest BCUT2D eigenvalue weighted by atomic mass is 10.2. The second-order valence-corrected chi connectivity index (χ2v) is 2.50. The summed E-state index contributed by atoms with van der Waals surface area (Å²) in [5.41, 5.74) is 5.99. The van der Waals surface area contributed by atoms with Gasteiger partial charge in [-0.2, -0.15) is 0 Å². The summed E-state index contributed by atoms with van der Waals surface area (Å²) in [4.78, 5) is 0. The zero-order valence-corrected chi connectivity index (χ0v) is 7.41. The molecule has 0 aliphatic heterocycles. The minimum Gasteiger partial charge on any atom is -0.497 e. The SMILES string of the molecule is COc1ccc(COC(=N)N)cc1. The van der Waals surface area contributed by atoms with E-state index in [9.17, 15) is 0 Å². The predicted molar refractivity (Wildman–Crippen MR) is 49.7 cm³/mol. The molecule has 0 aromatic heterocycles. The Kier molecular flexibility index (Phi) is 3.14. The molecule has 0 radical (unpaired) electrons. The van der Waals surface area contributed by atoms with E-state index in [-0.39, 0.29) is 6.02 Å². The molecule has 1 rings (SSSR count). The molecule has 1 aromatic carbocycles. The van der Waals surface area contributed by atoms with Gasteiger partial charge in [0.15, 0.2) is 0 Å². The van der Waals surface area contributed by atoms with Gasteiger partial charge >= 0.3 is 0 Å². The molecule has 0 amide bonds. The van der Waals surface area contributed by atoms with E-state index in [1.165, 1.54) is 0 Å². The fraction of sp³-hybridized carbons (Fsp3) is 0.222. The molecular formula is C9H12N2O2. The Bertz CT molecular complexity index is 282. The van der Waals surface area contributed by atoms with E-state index in [2.05, 4.69) is 0 Å². The summed E-state index contributed by atoms with van der Waals surface area (Å²) in [6, 6.07) is 7.12. The van der Waals surface area contributed by atoms with Crippen LogP contribution in [-0.4, -0.2) is 13.1 Å².